The Kier molecular flexibility index (Phi) is 6.30. The van der Waals surface area contributed by atoms with E-state index in [1.807, 2.05) is 20.1 Å². The predicted octanol–water partition coefficient (Wildman–Crippen LogP) is 2.51. The fraction of sp³-hybridized carbons (Fsp3) is 0.462. The molecule has 7 heteroatoms. The van der Waals surface area contributed by atoms with E-state index in [0.29, 0.717) is 23.9 Å². The monoisotopic (exact) mass is 297 g/mol. The van der Waals surface area contributed by atoms with Gasteiger partial charge in [0.1, 0.15) is 5.69 Å². The van der Waals surface area contributed by atoms with Crippen molar-refractivity contribution >= 4 is 29.0 Å². The molecule has 0 aromatic heterocycles. The summed E-state index contributed by atoms with van der Waals surface area (Å²) in [7, 11) is 0. The van der Waals surface area contributed by atoms with Crippen molar-refractivity contribution in [2.24, 2.45) is 0 Å². The minimum atomic E-state index is -0.487. The first kappa shape index (κ1) is 16.3. The molecule has 0 aliphatic carbocycles. The third kappa shape index (κ3) is 4.12. The molecule has 1 aromatic carbocycles. The summed E-state index contributed by atoms with van der Waals surface area (Å²) < 4.78 is 0. The zero-order valence-electron chi connectivity index (χ0n) is 11.8. The molecule has 1 atom stereocenters. The highest BCUT2D eigenvalue weighted by atomic mass is 32.2. The van der Waals surface area contributed by atoms with Crippen LogP contribution in [-0.4, -0.2) is 35.4 Å². The van der Waals surface area contributed by atoms with E-state index in [4.69, 9.17) is 0 Å². The van der Waals surface area contributed by atoms with Crippen molar-refractivity contribution in [3.05, 3.63) is 33.9 Å². The van der Waals surface area contributed by atoms with Crippen molar-refractivity contribution in [1.29, 1.82) is 0 Å². The number of nitro benzene ring substituents is 1. The van der Waals surface area contributed by atoms with Crippen LogP contribution < -0.4 is 10.6 Å². The van der Waals surface area contributed by atoms with Gasteiger partial charge in [-0.1, -0.05) is 13.0 Å². The van der Waals surface area contributed by atoms with Crippen LogP contribution >= 0.6 is 11.8 Å². The molecule has 6 nitrogen and oxygen atoms in total. The normalized spacial score (nSPS) is 11.8. The topological polar surface area (TPSA) is 84.3 Å². The summed E-state index contributed by atoms with van der Waals surface area (Å²) in [6, 6.07) is 4.50. The van der Waals surface area contributed by atoms with Crippen molar-refractivity contribution in [3.63, 3.8) is 0 Å². The van der Waals surface area contributed by atoms with Gasteiger partial charge in [-0.3, -0.25) is 14.9 Å². The van der Waals surface area contributed by atoms with Crippen LogP contribution in [-0.2, 0) is 0 Å². The van der Waals surface area contributed by atoms with Gasteiger partial charge < -0.3 is 10.6 Å². The van der Waals surface area contributed by atoms with Crippen LogP contribution in [0.3, 0.4) is 0 Å². The molecule has 1 rings (SSSR count). The highest BCUT2D eigenvalue weighted by Gasteiger charge is 2.21. The van der Waals surface area contributed by atoms with Crippen molar-refractivity contribution in [3.8, 4) is 0 Å². The van der Waals surface area contributed by atoms with Crippen LogP contribution in [0.5, 0.6) is 0 Å². The zero-order chi connectivity index (χ0) is 15.1. The van der Waals surface area contributed by atoms with Gasteiger partial charge in [0.05, 0.1) is 10.5 Å². The lowest BCUT2D eigenvalue weighted by Crippen LogP contribution is -2.30. The molecule has 2 N–H and O–H groups in total. The van der Waals surface area contributed by atoms with Gasteiger partial charge in [-0.25, -0.2) is 0 Å². The third-order valence-electron chi connectivity index (χ3n) is 2.79. The molecule has 1 aromatic rings. The molecule has 110 valence electrons. The van der Waals surface area contributed by atoms with E-state index < -0.39 is 4.92 Å². The number of thioether (sulfide) groups is 1. The molecular formula is C13H19N3O3S. The Hall–Kier alpha value is -1.76. The summed E-state index contributed by atoms with van der Waals surface area (Å²) in [5.74, 6) is -0.300. The van der Waals surface area contributed by atoms with Gasteiger partial charge in [-0.05, 0) is 19.2 Å². The lowest BCUT2D eigenvalue weighted by molar-refractivity contribution is -0.384. The number of hydrogen-bond donors (Lipinski definition) is 2. The Morgan fingerprint density at radius 2 is 2.20 bits per heavy atom. The molecule has 20 heavy (non-hydrogen) atoms. The zero-order valence-corrected chi connectivity index (χ0v) is 12.6. The van der Waals surface area contributed by atoms with Gasteiger partial charge in [0, 0.05) is 24.4 Å². The maximum atomic E-state index is 12.2. The third-order valence-corrected chi connectivity index (χ3v) is 3.76. The van der Waals surface area contributed by atoms with Gasteiger partial charge in [0.15, 0.2) is 0 Å². The number of nitro groups is 1. The first-order valence-corrected chi connectivity index (χ1v) is 7.62. The molecule has 0 saturated heterocycles. The fourth-order valence-electron chi connectivity index (χ4n) is 1.66. The Bertz CT molecular complexity index is 494. The minimum absolute atomic E-state index is 0.0857. The highest BCUT2D eigenvalue weighted by Crippen LogP contribution is 2.28. The molecule has 1 amide bonds. The number of nitrogens with one attached hydrogen (secondary N) is 2. The summed E-state index contributed by atoms with van der Waals surface area (Å²) in [6.07, 6.45) is 1.97. The van der Waals surface area contributed by atoms with Gasteiger partial charge in [-0.2, -0.15) is 11.8 Å². The quantitative estimate of drug-likeness (QED) is 0.596. The van der Waals surface area contributed by atoms with Crippen molar-refractivity contribution in [2.75, 3.05) is 24.7 Å². The number of carbonyl (C=O) groups is 1. The Morgan fingerprint density at radius 3 is 2.75 bits per heavy atom. The van der Waals surface area contributed by atoms with E-state index in [9.17, 15) is 14.9 Å². The van der Waals surface area contributed by atoms with E-state index in [-0.39, 0.29) is 17.3 Å². The average Bonchev–Trinajstić information content (AvgIpc) is 2.44. The summed E-state index contributed by atoms with van der Waals surface area (Å²) >= 11 is 1.65. The van der Waals surface area contributed by atoms with Gasteiger partial charge in [0.25, 0.3) is 11.6 Å². The summed E-state index contributed by atoms with van der Waals surface area (Å²) in [5.41, 5.74) is 0.487. The molecule has 1 unspecified atom stereocenters. The number of carbonyl (C=O) groups excluding carboxylic acids is 1. The second-order valence-electron chi connectivity index (χ2n) is 4.24. The molecule has 0 aliphatic heterocycles. The number of anilines is 1. The smallest absolute Gasteiger partial charge is 0.293 e. The molecule has 0 spiro atoms. The number of rotatable bonds is 7. The summed E-state index contributed by atoms with van der Waals surface area (Å²) in [6.45, 7) is 4.86. The SMILES string of the molecule is CCNc1c(C(=O)NCC(C)SC)cccc1[N+](=O)[O-]. The molecule has 0 heterocycles. The van der Waals surface area contributed by atoms with Gasteiger partial charge in [0.2, 0.25) is 0 Å². The van der Waals surface area contributed by atoms with Gasteiger partial charge >= 0.3 is 0 Å². The van der Waals surface area contributed by atoms with Crippen LogP contribution in [0.25, 0.3) is 0 Å². The van der Waals surface area contributed by atoms with Crippen LogP contribution in [0.4, 0.5) is 11.4 Å². The van der Waals surface area contributed by atoms with E-state index in [1.54, 1.807) is 17.8 Å². The molecule has 0 radical (unpaired) electrons. The van der Waals surface area contributed by atoms with Crippen molar-refractivity contribution < 1.29 is 9.72 Å². The average molecular weight is 297 g/mol. The van der Waals surface area contributed by atoms with Crippen molar-refractivity contribution in [2.45, 2.75) is 19.1 Å². The van der Waals surface area contributed by atoms with E-state index >= 15 is 0 Å². The van der Waals surface area contributed by atoms with Gasteiger partial charge in [-0.15, -0.1) is 0 Å². The lowest BCUT2D eigenvalue weighted by Gasteiger charge is -2.13. The molecule has 0 fully saturated rings. The molecule has 0 saturated carbocycles. The number of amides is 1. The first-order valence-electron chi connectivity index (χ1n) is 6.33. The molecular weight excluding hydrogens is 278 g/mol. The largest absolute Gasteiger partial charge is 0.379 e. The molecule has 0 aliphatic rings. The first-order chi connectivity index (χ1) is 9.51. The second-order valence-corrected chi connectivity index (χ2v) is 5.52. The summed E-state index contributed by atoms with van der Waals surface area (Å²) in [4.78, 5) is 22.7. The predicted molar refractivity (Wildman–Crippen MR) is 82.6 cm³/mol. The van der Waals surface area contributed by atoms with Crippen LogP contribution in [0, 0.1) is 10.1 Å². The Morgan fingerprint density at radius 1 is 1.50 bits per heavy atom. The minimum Gasteiger partial charge on any atom is -0.379 e. The Labute approximate surface area is 122 Å². The number of benzene rings is 1. The number of hydrogen-bond acceptors (Lipinski definition) is 5. The number of nitrogens with zero attached hydrogens (tertiary/aromatic N) is 1. The summed E-state index contributed by atoms with van der Waals surface area (Å²) in [5, 5.41) is 17.0. The van der Waals surface area contributed by atoms with Crippen LogP contribution in [0.15, 0.2) is 18.2 Å². The van der Waals surface area contributed by atoms with Crippen LogP contribution in [0.2, 0.25) is 0 Å². The maximum absolute atomic E-state index is 12.2. The fourth-order valence-corrected chi connectivity index (χ4v) is 1.91. The molecule has 0 bridgehead atoms. The second kappa shape index (κ2) is 7.74. The van der Waals surface area contributed by atoms with E-state index in [2.05, 4.69) is 10.6 Å². The van der Waals surface area contributed by atoms with Crippen LogP contribution in [0.1, 0.15) is 24.2 Å². The highest BCUT2D eigenvalue weighted by molar-refractivity contribution is 7.99. The van der Waals surface area contributed by atoms with Crippen molar-refractivity contribution in [1.82, 2.24) is 5.32 Å². The number of para-hydroxylation sites is 1. The Balaban J connectivity index is 3.01. The maximum Gasteiger partial charge on any atom is 0.293 e. The van der Waals surface area contributed by atoms with E-state index in [1.165, 1.54) is 12.1 Å². The van der Waals surface area contributed by atoms with E-state index in [0.717, 1.165) is 0 Å². The standard InChI is InChI=1S/C13H19N3O3S/c1-4-14-12-10(6-5-7-11(12)16(18)19)13(17)15-8-9(2)20-3/h5-7,9,14H,4,8H2,1-3H3,(H,15,17). The lowest BCUT2D eigenvalue weighted by atomic mass is 10.1.